The summed E-state index contributed by atoms with van der Waals surface area (Å²) in [4.78, 5) is 25.6. The van der Waals surface area contributed by atoms with Gasteiger partial charge in [-0.1, -0.05) is 13.3 Å². The molecular formula is C24H23BrFN5O2. The molecule has 0 saturated heterocycles. The van der Waals surface area contributed by atoms with E-state index in [1.807, 2.05) is 30.4 Å². The van der Waals surface area contributed by atoms with Gasteiger partial charge in [0, 0.05) is 35.0 Å². The van der Waals surface area contributed by atoms with Gasteiger partial charge in [0.1, 0.15) is 22.2 Å². The summed E-state index contributed by atoms with van der Waals surface area (Å²) in [6.45, 7) is 4.02. The highest BCUT2D eigenvalue weighted by molar-refractivity contribution is 9.10. The normalized spacial score (nSPS) is 18.6. The molecule has 4 aromatic heterocycles. The largest absolute Gasteiger partial charge is 0.387 e. The lowest BCUT2D eigenvalue weighted by molar-refractivity contribution is -0.117. The van der Waals surface area contributed by atoms with Gasteiger partial charge >= 0.3 is 0 Å². The van der Waals surface area contributed by atoms with Gasteiger partial charge in [0.25, 0.3) is 0 Å². The van der Waals surface area contributed by atoms with Crippen molar-refractivity contribution in [2.24, 2.45) is 5.92 Å². The molecule has 4 heterocycles. The van der Waals surface area contributed by atoms with Crippen molar-refractivity contribution in [1.82, 2.24) is 19.4 Å². The zero-order valence-corrected chi connectivity index (χ0v) is 19.8. The minimum absolute atomic E-state index is 0.266. The number of rotatable bonds is 6. The molecule has 2 N–H and O–H groups in total. The van der Waals surface area contributed by atoms with Crippen LogP contribution < -0.4 is 5.32 Å². The first kappa shape index (κ1) is 21.9. The second-order valence-corrected chi connectivity index (χ2v) is 9.31. The Morgan fingerprint density at radius 1 is 1.24 bits per heavy atom. The van der Waals surface area contributed by atoms with E-state index in [1.54, 1.807) is 24.7 Å². The van der Waals surface area contributed by atoms with Crippen LogP contribution in [-0.4, -0.2) is 36.5 Å². The number of amides is 1. The third kappa shape index (κ3) is 4.00. The van der Waals surface area contributed by atoms with E-state index in [1.165, 1.54) is 0 Å². The number of aromatic nitrogens is 4. The van der Waals surface area contributed by atoms with Crippen molar-refractivity contribution in [2.75, 3.05) is 5.32 Å². The SMILES string of the molecule is CCCC(O)c1cc(C)c(-c2cc3cnc(NC(=O)[C@H]4C[C@H]4F)cc3n3c(Br)cnc23)cn1. The number of hydrogen-bond donors (Lipinski definition) is 2. The molecule has 3 atom stereocenters. The van der Waals surface area contributed by atoms with Gasteiger partial charge in [0.05, 0.1) is 29.4 Å². The first-order chi connectivity index (χ1) is 15.9. The predicted molar refractivity (Wildman–Crippen MR) is 128 cm³/mol. The Kier molecular flexibility index (Phi) is 5.62. The summed E-state index contributed by atoms with van der Waals surface area (Å²) in [5, 5.41) is 13.9. The first-order valence-corrected chi connectivity index (χ1v) is 11.7. The van der Waals surface area contributed by atoms with E-state index >= 15 is 0 Å². The highest BCUT2D eigenvalue weighted by Gasteiger charge is 2.43. The fraction of sp³-hybridized carbons (Fsp3) is 0.333. The summed E-state index contributed by atoms with van der Waals surface area (Å²) in [7, 11) is 0. The Morgan fingerprint density at radius 3 is 2.73 bits per heavy atom. The van der Waals surface area contributed by atoms with E-state index < -0.39 is 18.2 Å². The van der Waals surface area contributed by atoms with Crippen LogP contribution in [0.4, 0.5) is 10.2 Å². The van der Waals surface area contributed by atoms with Gasteiger partial charge in [-0.15, -0.1) is 0 Å². The number of fused-ring (bicyclic) bond motifs is 3. The molecule has 1 saturated carbocycles. The van der Waals surface area contributed by atoms with E-state index in [4.69, 9.17) is 0 Å². The van der Waals surface area contributed by atoms with Crippen LogP contribution in [0, 0.1) is 12.8 Å². The number of hydrogen-bond acceptors (Lipinski definition) is 5. The molecular weight excluding hydrogens is 489 g/mol. The lowest BCUT2D eigenvalue weighted by Crippen LogP contribution is -2.16. The summed E-state index contributed by atoms with van der Waals surface area (Å²) in [6, 6.07) is 5.68. The molecule has 170 valence electrons. The minimum atomic E-state index is -1.06. The molecule has 0 spiro atoms. The van der Waals surface area contributed by atoms with E-state index in [2.05, 4.69) is 36.2 Å². The molecule has 0 bridgehead atoms. The number of aliphatic hydroxyl groups excluding tert-OH is 1. The van der Waals surface area contributed by atoms with Crippen LogP contribution in [0.25, 0.3) is 27.7 Å². The maximum atomic E-state index is 13.2. The van der Waals surface area contributed by atoms with E-state index in [0.717, 1.165) is 44.3 Å². The number of alkyl halides is 1. The van der Waals surface area contributed by atoms with E-state index in [9.17, 15) is 14.3 Å². The zero-order valence-electron chi connectivity index (χ0n) is 18.2. The third-order valence-electron chi connectivity index (χ3n) is 6.04. The maximum absolute atomic E-state index is 13.2. The van der Waals surface area contributed by atoms with Gasteiger partial charge in [-0.2, -0.15) is 0 Å². The second kappa shape index (κ2) is 8.46. The lowest BCUT2D eigenvalue weighted by atomic mass is 10.00. The Hall–Kier alpha value is -2.91. The smallest absolute Gasteiger partial charge is 0.231 e. The number of pyridine rings is 3. The minimum Gasteiger partial charge on any atom is -0.387 e. The van der Waals surface area contributed by atoms with Crippen molar-refractivity contribution in [1.29, 1.82) is 0 Å². The monoisotopic (exact) mass is 511 g/mol. The van der Waals surface area contributed by atoms with Crippen LogP contribution >= 0.6 is 15.9 Å². The van der Waals surface area contributed by atoms with Crippen molar-refractivity contribution >= 4 is 44.2 Å². The van der Waals surface area contributed by atoms with Crippen LogP contribution in [0.2, 0.25) is 0 Å². The molecule has 1 unspecified atom stereocenters. The van der Waals surface area contributed by atoms with Crippen LogP contribution in [0.1, 0.15) is 43.5 Å². The molecule has 0 aromatic carbocycles. The first-order valence-electron chi connectivity index (χ1n) is 10.9. The van der Waals surface area contributed by atoms with Gasteiger partial charge in [0.15, 0.2) is 0 Å². The van der Waals surface area contributed by atoms with Crippen molar-refractivity contribution < 1.29 is 14.3 Å². The summed E-state index contributed by atoms with van der Waals surface area (Å²) in [5.41, 5.74) is 4.96. The summed E-state index contributed by atoms with van der Waals surface area (Å²) >= 11 is 3.57. The fourth-order valence-corrected chi connectivity index (χ4v) is 4.58. The zero-order chi connectivity index (χ0) is 23.3. The average molecular weight is 512 g/mol. The number of nitrogens with one attached hydrogen (secondary N) is 1. The van der Waals surface area contributed by atoms with Crippen LogP contribution in [-0.2, 0) is 4.79 Å². The number of carbonyl (C=O) groups is 1. The van der Waals surface area contributed by atoms with Gasteiger partial charge in [-0.3, -0.25) is 14.2 Å². The predicted octanol–water partition coefficient (Wildman–Crippen LogP) is 5.15. The highest BCUT2D eigenvalue weighted by atomic mass is 79.9. The molecule has 33 heavy (non-hydrogen) atoms. The summed E-state index contributed by atoms with van der Waals surface area (Å²) in [5.74, 6) is -0.563. The molecule has 5 rings (SSSR count). The third-order valence-corrected chi connectivity index (χ3v) is 6.60. The maximum Gasteiger partial charge on any atom is 0.231 e. The Morgan fingerprint density at radius 2 is 2.03 bits per heavy atom. The Balaban J connectivity index is 1.59. The molecule has 1 aliphatic rings. The molecule has 1 amide bonds. The number of nitrogens with zero attached hydrogens (tertiary/aromatic N) is 4. The molecule has 1 aliphatic carbocycles. The summed E-state index contributed by atoms with van der Waals surface area (Å²) < 4.78 is 15.9. The standard InChI is InChI=1S/C24H23BrFN5O2/c1-3-4-20(32)18-5-12(2)16(10-27-18)14-6-13-9-28-22(30-24(33)15-7-17(15)26)8-19(13)31-21(25)11-29-23(14)31/h5-6,8-11,15,17,20,32H,3-4,7H2,1-2H3,(H,28,30,33)/t15-,17+,20?/m0/s1. The van der Waals surface area contributed by atoms with Gasteiger partial charge in [-0.25, -0.2) is 14.4 Å². The van der Waals surface area contributed by atoms with Crippen molar-refractivity contribution in [3.05, 3.63) is 52.7 Å². The van der Waals surface area contributed by atoms with Crippen LogP contribution in [0.3, 0.4) is 0 Å². The molecule has 4 aromatic rings. The fourth-order valence-electron chi connectivity index (χ4n) is 4.11. The molecule has 0 aliphatic heterocycles. The topological polar surface area (TPSA) is 92.4 Å². The Labute approximate surface area is 198 Å². The van der Waals surface area contributed by atoms with Crippen molar-refractivity contribution in [3.63, 3.8) is 0 Å². The number of aliphatic hydroxyl groups is 1. The average Bonchev–Trinajstić information content (AvgIpc) is 3.41. The van der Waals surface area contributed by atoms with E-state index in [-0.39, 0.29) is 12.3 Å². The van der Waals surface area contributed by atoms with E-state index in [0.29, 0.717) is 17.9 Å². The molecule has 7 nitrogen and oxygen atoms in total. The number of imidazole rings is 1. The molecule has 0 radical (unpaired) electrons. The second-order valence-electron chi connectivity index (χ2n) is 8.50. The Bertz CT molecular complexity index is 1390. The number of carbonyl (C=O) groups excluding carboxylic acids is 1. The number of halogens is 2. The van der Waals surface area contributed by atoms with Crippen molar-refractivity contribution in [3.8, 4) is 11.1 Å². The number of aryl methyl sites for hydroxylation is 1. The summed E-state index contributed by atoms with van der Waals surface area (Å²) in [6.07, 6.45) is 5.34. The van der Waals surface area contributed by atoms with Gasteiger partial charge in [-0.05, 0) is 53.4 Å². The van der Waals surface area contributed by atoms with Crippen LogP contribution in [0.5, 0.6) is 0 Å². The van der Waals surface area contributed by atoms with Crippen molar-refractivity contribution in [2.45, 2.75) is 45.4 Å². The number of anilines is 1. The lowest BCUT2D eigenvalue weighted by Gasteiger charge is -2.14. The molecule has 9 heteroatoms. The van der Waals surface area contributed by atoms with Gasteiger partial charge in [0.2, 0.25) is 5.91 Å². The highest BCUT2D eigenvalue weighted by Crippen LogP contribution is 2.36. The van der Waals surface area contributed by atoms with Crippen LogP contribution in [0.15, 0.2) is 41.4 Å². The van der Waals surface area contributed by atoms with Gasteiger partial charge < -0.3 is 10.4 Å². The quantitative estimate of drug-likeness (QED) is 0.373. The molecule has 1 fully saturated rings.